The van der Waals surface area contributed by atoms with Gasteiger partial charge in [0, 0.05) is 24.9 Å². The summed E-state index contributed by atoms with van der Waals surface area (Å²) in [7, 11) is 0. The molecule has 0 unspecified atom stereocenters. The number of hydrogen-bond acceptors (Lipinski definition) is 3. The third kappa shape index (κ3) is 3.31. The summed E-state index contributed by atoms with van der Waals surface area (Å²) < 4.78 is 0. The lowest BCUT2D eigenvalue weighted by Gasteiger charge is -2.24. The first-order valence-electron chi connectivity index (χ1n) is 8.61. The molecule has 1 aromatic carbocycles. The molecule has 1 atom stereocenters. The number of rotatable bonds is 4. The molecular weight excluding hydrogens is 312 g/mol. The summed E-state index contributed by atoms with van der Waals surface area (Å²) in [6.45, 7) is 0.757. The predicted molar refractivity (Wildman–Crippen MR) is 95.1 cm³/mol. The summed E-state index contributed by atoms with van der Waals surface area (Å²) in [5.41, 5.74) is 3.78. The van der Waals surface area contributed by atoms with E-state index in [4.69, 9.17) is 4.98 Å². The number of likely N-dealkylation sites (tertiary alicyclic amines) is 1. The number of aromatic amines is 1. The maximum absolute atomic E-state index is 12.7. The van der Waals surface area contributed by atoms with Crippen molar-refractivity contribution in [2.45, 2.75) is 25.3 Å². The molecular formula is C20H20N4O. The average molecular weight is 332 g/mol. The van der Waals surface area contributed by atoms with Crippen LogP contribution in [0.15, 0.2) is 60.8 Å². The van der Waals surface area contributed by atoms with Crippen LogP contribution in [0.2, 0.25) is 0 Å². The van der Waals surface area contributed by atoms with Gasteiger partial charge < -0.3 is 4.90 Å². The van der Waals surface area contributed by atoms with Crippen LogP contribution in [0, 0.1) is 0 Å². The first-order chi connectivity index (χ1) is 12.3. The number of carbonyl (C=O) groups excluding carboxylic acids is 1. The third-order valence-corrected chi connectivity index (χ3v) is 4.64. The van der Waals surface area contributed by atoms with Crippen LogP contribution in [-0.4, -0.2) is 32.5 Å². The number of benzene rings is 1. The summed E-state index contributed by atoms with van der Waals surface area (Å²) in [4.78, 5) is 19.4. The van der Waals surface area contributed by atoms with Crippen molar-refractivity contribution in [3.8, 4) is 0 Å². The second-order valence-corrected chi connectivity index (χ2v) is 6.34. The van der Waals surface area contributed by atoms with Crippen LogP contribution in [0.25, 0.3) is 0 Å². The van der Waals surface area contributed by atoms with E-state index in [0.717, 1.165) is 37.2 Å². The summed E-state index contributed by atoms with van der Waals surface area (Å²) in [6, 6.07) is 18.2. The number of nitrogens with zero attached hydrogens (tertiary/aromatic N) is 3. The highest BCUT2D eigenvalue weighted by atomic mass is 16.2. The fraction of sp³-hybridized carbons (Fsp3) is 0.250. The number of H-pyrrole nitrogens is 1. The van der Waals surface area contributed by atoms with Crippen molar-refractivity contribution in [2.75, 3.05) is 6.54 Å². The van der Waals surface area contributed by atoms with Crippen LogP contribution in [0.5, 0.6) is 0 Å². The van der Waals surface area contributed by atoms with Gasteiger partial charge in [0.15, 0.2) is 0 Å². The molecule has 2 aromatic heterocycles. The molecule has 1 aliphatic rings. The molecule has 0 radical (unpaired) electrons. The third-order valence-electron chi connectivity index (χ3n) is 4.64. The van der Waals surface area contributed by atoms with Crippen LogP contribution in [0.1, 0.15) is 46.3 Å². The Labute approximate surface area is 146 Å². The van der Waals surface area contributed by atoms with Crippen molar-refractivity contribution >= 4 is 5.91 Å². The molecule has 1 N–H and O–H groups in total. The van der Waals surface area contributed by atoms with E-state index in [1.807, 2.05) is 41.3 Å². The SMILES string of the molecule is O=C(c1ccn[nH]1)N1CCC[C@@H]1c1cccc(Cc2ccccc2)n1. The molecule has 3 heterocycles. The lowest BCUT2D eigenvalue weighted by Crippen LogP contribution is -2.31. The largest absolute Gasteiger partial charge is 0.329 e. The molecule has 3 aromatic rings. The smallest absolute Gasteiger partial charge is 0.272 e. The average Bonchev–Trinajstić information content (AvgIpc) is 3.34. The standard InChI is InChI=1S/C20H20N4O/c25-20(18-11-12-21-23-18)24-13-5-10-19(24)17-9-4-8-16(22-17)14-15-6-2-1-3-7-15/h1-4,6-9,11-12,19H,5,10,13-14H2,(H,21,23)/t19-/m1/s1. The molecule has 4 rings (SSSR count). The van der Waals surface area contributed by atoms with Crippen molar-refractivity contribution in [3.63, 3.8) is 0 Å². The van der Waals surface area contributed by atoms with Gasteiger partial charge in [-0.15, -0.1) is 0 Å². The van der Waals surface area contributed by atoms with Crippen LogP contribution >= 0.6 is 0 Å². The maximum atomic E-state index is 12.7. The molecule has 5 heteroatoms. The first-order valence-corrected chi connectivity index (χ1v) is 8.61. The van der Waals surface area contributed by atoms with Crippen molar-refractivity contribution in [1.29, 1.82) is 0 Å². The first kappa shape index (κ1) is 15.6. The number of amides is 1. The highest BCUT2D eigenvalue weighted by molar-refractivity contribution is 5.92. The molecule has 5 nitrogen and oxygen atoms in total. The monoisotopic (exact) mass is 332 g/mol. The number of aromatic nitrogens is 3. The molecule has 126 valence electrons. The molecule has 1 aliphatic heterocycles. The Hall–Kier alpha value is -2.95. The minimum absolute atomic E-state index is 0.00439. The van der Waals surface area contributed by atoms with Gasteiger partial charge in [-0.2, -0.15) is 5.10 Å². The fourth-order valence-corrected chi connectivity index (χ4v) is 3.43. The Balaban J connectivity index is 1.56. The molecule has 1 fully saturated rings. The second kappa shape index (κ2) is 6.89. The van der Waals surface area contributed by atoms with E-state index in [0.29, 0.717) is 5.69 Å². The zero-order valence-corrected chi connectivity index (χ0v) is 13.9. The quantitative estimate of drug-likeness (QED) is 0.797. The molecule has 0 bridgehead atoms. The Morgan fingerprint density at radius 1 is 1.12 bits per heavy atom. The summed E-state index contributed by atoms with van der Waals surface area (Å²) in [5.74, 6) is -0.00439. The zero-order valence-electron chi connectivity index (χ0n) is 13.9. The lowest BCUT2D eigenvalue weighted by atomic mass is 10.1. The second-order valence-electron chi connectivity index (χ2n) is 6.34. The molecule has 1 saturated heterocycles. The molecule has 0 aliphatic carbocycles. The number of hydrogen-bond donors (Lipinski definition) is 1. The van der Waals surface area contributed by atoms with Crippen molar-refractivity contribution < 1.29 is 4.79 Å². The predicted octanol–water partition coefficient (Wildman–Crippen LogP) is 3.37. The van der Waals surface area contributed by atoms with E-state index in [-0.39, 0.29) is 11.9 Å². The molecule has 0 saturated carbocycles. The lowest BCUT2D eigenvalue weighted by molar-refractivity contribution is 0.0726. The van der Waals surface area contributed by atoms with Gasteiger partial charge in [0.2, 0.25) is 0 Å². The van der Waals surface area contributed by atoms with Gasteiger partial charge in [0.1, 0.15) is 5.69 Å². The van der Waals surface area contributed by atoms with E-state index < -0.39 is 0 Å². The van der Waals surface area contributed by atoms with Gasteiger partial charge in [0.25, 0.3) is 5.91 Å². The summed E-state index contributed by atoms with van der Waals surface area (Å²) in [5, 5.41) is 6.65. The Bertz CT molecular complexity index is 845. The number of pyridine rings is 1. The Kier molecular flexibility index (Phi) is 4.29. The van der Waals surface area contributed by atoms with E-state index in [2.05, 4.69) is 22.3 Å². The van der Waals surface area contributed by atoms with Gasteiger partial charge in [-0.05, 0) is 36.6 Å². The zero-order chi connectivity index (χ0) is 17.1. The van der Waals surface area contributed by atoms with Crippen molar-refractivity contribution in [1.82, 2.24) is 20.1 Å². The van der Waals surface area contributed by atoms with Crippen LogP contribution in [-0.2, 0) is 6.42 Å². The topological polar surface area (TPSA) is 61.9 Å². The molecule has 0 spiro atoms. The summed E-state index contributed by atoms with van der Waals surface area (Å²) in [6.07, 6.45) is 4.35. The van der Waals surface area contributed by atoms with Crippen molar-refractivity contribution in [3.05, 3.63) is 83.4 Å². The fourth-order valence-electron chi connectivity index (χ4n) is 3.43. The van der Waals surface area contributed by atoms with Crippen LogP contribution < -0.4 is 0 Å². The normalized spacial score (nSPS) is 17.0. The maximum Gasteiger partial charge on any atom is 0.272 e. The Morgan fingerprint density at radius 2 is 2.00 bits per heavy atom. The minimum Gasteiger partial charge on any atom is -0.329 e. The highest BCUT2D eigenvalue weighted by Gasteiger charge is 2.32. The molecule has 1 amide bonds. The van der Waals surface area contributed by atoms with Gasteiger partial charge >= 0.3 is 0 Å². The van der Waals surface area contributed by atoms with E-state index >= 15 is 0 Å². The van der Waals surface area contributed by atoms with Crippen LogP contribution in [0.3, 0.4) is 0 Å². The van der Waals surface area contributed by atoms with E-state index in [1.54, 1.807) is 12.3 Å². The summed E-state index contributed by atoms with van der Waals surface area (Å²) >= 11 is 0. The molecule has 25 heavy (non-hydrogen) atoms. The van der Waals surface area contributed by atoms with E-state index in [9.17, 15) is 4.79 Å². The highest BCUT2D eigenvalue weighted by Crippen LogP contribution is 2.32. The van der Waals surface area contributed by atoms with Crippen LogP contribution in [0.4, 0.5) is 0 Å². The Morgan fingerprint density at radius 3 is 2.80 bits per heavy atom. The van der Waals surface area contributed by atoms with E-state index in [1.165, 1.54) is 5.56 Å². The van der Waals surface area contributed by atoms with Gasteiger partial charge in [-0.3, -0.25) is 14.9 Å². The number of carbonyl (C=O) groups is 1. The van der Waals surface area contributed by atoms with Crippen molar-refractivity contribution in [2.24, 2.45) is 0 Å². The minimum atomic E-state index is -0.00439. The number of nitrogens with one attached hydrogen (secondary N) is 1. The van der Waals surface area contributed by atoms with Gasteiger partial charge in [-0.1, -0.05) is 36.4 Å². The van der Waals surface area contributed by atoms with Gasteiger partial charge in [0.05, 0.1) is 11.7 Å². The van der Waals surface area contributed by atoms with Gasteiger partial charge in [-0.25, -0.2) is 0 Å².